The molecule has 0 saturated heterocycles. The van der Waals surface area contributed by atoms with Gasteiger partial charge in [-0.25, -0.2) is 0 Å². The van der Waals surface area contributed by atoms with Crippen LogP contribution in [0.25, 0.3) is 0 Å². The average molecular weight is 832 g/mol. The Labute approximate surface area is 350 Å². The van der Waals surface area contributed by atoms with E-state index in [1.54, 1.807) is 0 Å². The third kappa shape index (κ3) is 11.1. The van der Waals surface area contributed by atoms with Crippen LogP contribution in [-0.4, -0.2) is 102 Å². The minimum absolute atomic E-state index is 0.00237. The van der Waals surface area contributed by atoms with Crippen LogP contribution in [0, 0.1) is 40.4 Å². The van der Waals surface area contributed by atoms with Crippen LogP contribution in [0.4, 0.5) is 5.69 Å². The first-order valence-corrected chi connectivity index (χ1v) is 22.2. The molecule has 11 atom stereocenters. The number of benzene rings is 1. The molecule has 59 heavy (non-hydrogen) atoms. The van der Waals surface area contributed by atoms with Crippen LogP contribution < -0.4 is 21.1 Å². The van der Waals surface area contributed by atoms with E-state index in [1.807, 2.05) is 0 Å². The van der Waals surface area contributed by atoms with Gasteiger partial charge >= 0.3 is 0 Å². The van der Waals surface area contributed by atoms with Gasteiger partial charge in [0.2, 0.25) is 11.8 Å². The highest BCUT2D eigenvalue weighted by Crippen LogP contribution is 2.69. The minimum Gasteiger partial charge on any atom is -0.505 e. The van der Waals surface area contributed by atoms with E-state index in [4.69, 9.17) is 24.7 Å². The number of ether oxygens (including phenoxy) is 4. The van der Waals surface area contributed by atoms with Gasteiger partial charge in [-0.2, -0.15) is 0 Å². The Morgan fingerprint density at radius 1 is 0.949 bits per heavy atom. The lowest BCUT2D eigenvalue weighted by Gasteiger charge is -2.63. The molecule has 0 radical (unpaired) electrons. The zero-order valence-electron chi connectivity index (χ0n) is 36.1. The number of rotatable bonds is 22. The van der Waals surface area contributed by atoms with Crippen molar-refractivity contribution < 1.29 is 53.8 Å². The summed E-state index contributed by atoms with van der Waals surface area (Å²) in [5.74, 6) is -0.265. The van der Waals surface area contributed by atoms with Crippen molar-refractivity contribution in [1.82, 2.24) is 5.32 Å². The molecule has 0 bridgehead atoms. The smallest absolute Gasteiger partial charge is 0.256 e. The number of phenols is 1. The normalized spacial score (nSPS) is 31.6. The molecular weight excluding hydrogens is 759 g/mol. The van der Waals surface area contributed by atoms with Crippen LogP contribution in [0.3, 0.4) is 0 Å². The van der Waals surface area contributed by atoms with E-state index in [0.717, 1.165) is 57.8 Å². The van der Waals surface area contributed by atoms with Crippen molar-refractivity contribution in [3.8, 4) is 11.5 Å². The highest BCUT2D eigenvalue weighted by Gasteiger charge is 2.64. The monoisotopic (exact) mass is 832 g/mol. The quantitative estimate of drug-likeness (QED) is 0.0444. The molecule has 0 heterocycles. The van der Waals surface area contributed by atoms with Gasteiger partial charge in [-0.05, 0) is 117 Å². The number of anilines is 1. The van der Waals surface area contributed by atoms with Gasteiger partial charge < -0.3 is 55.7 Å². The second-order valence-corrected chi connectivity index (χ2v) is 18.6. The zero-order valence-corrected chi connectivity index (χ0v) is 36.1. The summed E-state index contributed by atoms with van der Waals surface area (Å²) in [5.41, 5.74) is 4.44. The van der Waals surface area contributed by atoms with Crippen molar-refractivity contribution in [3.63, 3.8) is 0 Å². The van der Waals surface area contributed by atoms with Crippen LogP contribution in [-0.2, 0) is 23.8 Å². The molecule has 14 heteroatoms. The maximum atomic E-state index is 12.7. The third-order valence-corrected chi connectivity index (χ3v) is 14.9. The number of carbonyl (C=O) groups is 3. The number of hydrogen-bond acceptors (Lipinski definition) is 11. The molecule has 8 N–H and O–H groups in total. The molecule has 4 fully saturated rings. The van der Waals surface area contributed by atoms with Crippen molar-refractivity contribution >= 4 is 23.4 Å². The number of fused-ring (bicyclic) bond motifs is 5. The van der Waals surface area contributed by atoms with Gasteiger partial charge in [-0.15, -0.1) is 0 Å². The second-order valence-electron chi connectivity index (χ2n) is 18.6. The molecule has 4 aliphatic carbocycles. The van der Waals surface area contributed by atoms with Crippen LogP contribution in [0.1, 0.15) is 134 Å². The molecule has 4 saturated carbocycles. The number of aliphatic hydroxyl groups excluding tert-OH is 2. The van der Waals surface area contributed by atoms with Crippen LogP contribution in [0.2, 0.25) is 0 Å². The predicted octanol–water partition coefficient (Wildman–Crippen LogP) is 5.42. The van der Waals surface area contributed by atoms with E-state index in [-0.39, 0.29) is 104 Å². The lowest BCUT2D eigenvalue weighted by molar-refractivity contribution is -0.232. The van der Waals surface area contributed by atoms with Crippen molar-refractivity contribution in [2.45, 2.75) is 148 Å². The van der Waals surface area contributed by atoms with Crippen molar-refractivity contribution in [3.05, 3.63) is 17.7 Å². The summed E-state index contributed by atoms with van der Waals surface area (Å²) in [6.07, 6.45) is 11.7. The molecule has 0 spiro atoms. The molecule has 4 aliphatic rings. The summed E-state index contributed by atoms with van der Waals surface area (Å²) in [6, 6.07) is 2.78. The topological polar surface area (TPSA) is 219 Å². The van der Waals surface area contributed by atoms with E-state index in [0.29, 0.717) is 24.2 Å². The Morgan fingerprint density at radius 2 is 1.68 bits per heavy atom. The number of nitrogens with two attached hydrogens (primary N) is 1. The van der Waals surface area contributed by atoms with E-state index >= 15 is 0 Å². The molecular formula is C45H73N3O11. The summed E-state index contributed by atoms with van der Waals surface area (Å²) in [4.78, 5) is 36.7. The van der Waals surface area contributed by atoms with E-state index in [2.05, 4.69) is 38.3 Å². The first-order valence-electron chi connectivity index (χ1n) is 22.2. The number of amides is 3. The standard InChI is InChI=1S/C45H73N3O11/c1-6-7-8-9-18-45(4,55)36-13-10-30-29-26-35(32-25-28(49)16-19-43(32,2)31(29)17-20-44(30,36)3)59-39(52)15-14-37(50)47-21-22-57-23-24-58-27-38(51)48-33-11-12-34(56-5)40(41(33)53)42(46)54/h11-12,28-32,35-36,39,49,52-53,55H,6-10,13-27H2,1-5H3,(H2,46,54)(H,47,50)(H,48,51)/t28-,29-,30-,31-,32+,35-,36-,39?,43+,44-,45-/m0/s1. The van der Waals surface area contributed by atoms with Gasteiger partial charge in [0.25, 0.3) is 5.91 Å². The highest BCUT2D eigenvalue weighted by molar-refractivity contribution is 6.02. The lowest BCUT2D eigenvalue weighted by Crippen LogP contribution is -2.59. The molecule has 5 rings (SSSR count). The summed E-state index contributed by atoms with van der Waals surface area (Å²) >= 11 is 0. The van der Waals surface area contributed by atoms with E-state index in [9.17, 15) is 34.8 Å². The minimum atomic E-state index is -1.11. The van der Waals surface area contributed by atoms with Gasteiger partial charge in [-0.3, -0.25) is 14.4 Å². The molecule has 1 aromatic carbocycles. The van der Waals surface area contributed by atoms with Crippen LogP contribution >= 0.6 is 0 Å². The van der Waals surface area contributed by atoms with Crippen molar-refractivity contribution in [1.29, 1.82) is 0 Å². The molecule has 0 aromatic heterocycles. The predicted molar refractivity (Wildman–Crippen MR) is 223 cm³/mol. The number of carbonyl (C=O) groups excluding carboxylic acids is 3. The Kier molecular flexibility index (Phi) is 16.5. The Balaban J connectivity index is 1.03. The van der Waals surface area contributed by atoms with Crippen molar-refractivity contribution in [2.75, 3.05) is 45.4 Å². The molecule has 334 valence electrons. The highest BCUT2D eigenvalue weighted by atomic mass is 16.6. The maximum absolute atomic E-state index is 12.7. The third-order valence-electron chi connectivity index (χ3n) is 14.9. The first-order chi connectivity index (χ1) is 28.0. The number of hydrogen-bond donors (Lipinski definition) is 7. The summed E-state index contributed by atoms with van der Waals surface area (Å²) < 4.78 is 22.4. The van der Waals surface area contributed by atoms with Crippen molar-refractivity contribution in [2.24, 2.45) is 46.2 Å². The number of aliphatic hydroxyl groups is 3. The fraction of sp³-hybridized carbons (Fsp3) is 0.800. The summed E-state index contributed by atoms with van der Waals surface area (Å²) in [7, 11) is 1.33. The Bertz CT molecular complexity index is 1580. The fourth-order valence-electron chi connectivity index (χ4n) is 12.0. The number of methoxy groups -OCH3 is 1. The Morgan fingerprint density at radius 3 is 2.41 bits per heavy atom. The fourth-order valence-corrected chi connectivity index (χ4v) is 12.0. The Hall–Kier alpha value is -3.01. The first kappa shape index (κ1) is 47.0. The number of primary amides is 1. The van der Waals surface area contributed by atoms with Gasteiger partial charge in [-0.1, -0.05) is 46.5 Å². The number of aromatic hydroxyl groups is 1. The number of unbranched alkanes of at least 4 members (excludes halogenated alkanes) is 3. The lowest BCUT2D eigenvalue weighted by atomic mass is 9.43. The zero-order chi connectivity index (χ0) is 43.0. The van der Waals surface area contributed by atoms with Crippen LogP contribution in [0.15, 0.2) is 12.1 Å². The van der Waals surface area contributed by atoms with Crippen LogP contribution in [0.5, 0.6) is 11.5 Å². The molecule has 1 aromatic rings. The van der Waals surface area contributed by atoms with Gasteiger partial charge in [0, 0.05) is 19.4 Å². The maximum Gasteiger partial charge on any atom is 0.256 e. The van der Waals surface area contributed by atoms with Gasteiger partial charge in [0.15, 0.2) is 12.0 Å². The average Bonchev–Trinajstić information content (AvgIpc) is 3.56. The summed E-state index contributed by atoms with van der Waals surface area (Å²) in [5, 5.41) is 49.5. The second kappa shape index (κ2) is 20.7. The van der Waals surface area contributed by atoms with Gasteiger partial charge in [0.05, 0.1) is 50.4 Å². The van der Waals surface area contributed by atoms with Gasteiger partial charge in [0.1, 0.15) is 17.9 Å². The molecule has 3 amide bonds. The molecule has 14 nitrogen and oxygen atoms in total. The number of nitrogens with one attached hydrogen (secondary N) is 2. The molecule has 0 aliphatic heterocycles. The largest absolute Gasteiger partial charge is 0.505 e. The summed E-state index contributed by atoms with van der Waals surface area (Å²) in [6.45, 7) is 9.58. The SMILES string of the molecule is CCCCCC[C@](C)(O)[C@H]1CC[C@H]2[C@@H]3C[C@H](OC(O)CCC(=O)NCCOCCOCC(=O)Nc4ccc(OC)c(C(N)=O)c4O)[C@H]4C[C@@H](O)CC[C@]4(C)[C@H]3CC[C@@]21C. The van der Waals surface area contributed by atoms with E-state index in [1.165, 1.54) is 38.5 Å². The van der Waals surface area contributed by atoms with E-state index < -0.39 is 29.5 Å². The molecule has 1 unspecified atom stereocenters.